The maximum Gasteiger partial charge on any atom is 0.275 e. The van der Waals surface area contributed by atoms with E-state index in [4.69, 9.17) is 0 Å². The lowest BCUT2D eigenvalue weighted by Crippen LogP contribution is -2.20. The second-order valence-corrected chi connectivity index (χ2v) is 2.88. The van der Waals surface area contributed by atoms with Gasteiger partial charge in [0.15, 0.2) is 6.04 Å². The average Bonchev–Trinajstić information content (AvgIpc) is 2.49. The molecule has 0 N–H and O–H groups in total. The summed E-state index contributed by atoms with van der Waals surface area (Å²) in [7, 11) is 1.61. The summed E-state index contributed by atoms with van der Waals surface area (Å²) in [6.45, 7) is 0. The molecule has 1 amide bonds. The molecule has 0 radical (unpaired) electrons. The van der Waals surface area contributed by atoms with Crippen LogP contribution in [0.15, 0.2) is 40.7 Å². The fourth-order valence-electron chi connectivity index (χ4n) is 1.24. The molecule has 0 aromatic heterocycles. The molecule has 1 aliphatic rings. The minimum Gasteiger partial charge on any atom is -0.270 e. The summed E-state index contributed by atoms with van der Waals surface area (Å²) in [5.74, 6) is -0.0776. The number of hydrogen-bond acceptors (Lipinski definition) is 3. The van der Waals surface area contributed by atoms with Crippen molar-refractivity contribution in [2.45, 2.75) is 6.04 Å². The summed E-state index contributed by atoms with van der Waals surface area (Å²) >= 11 is 0. The Morgan fingerprint density at radius 3 is 2.54 bits per heavy atom. The standard InChI is InChI=1S/C9H9N3O/c1-12-9(13)8(10-11-12)7-5-3-2-4-6-7/h2-6,8H,1H3. The van der Waals surface area contributed by atoms with Crippen LogP contribution in [0.25, 0.3) is 0 Å². The molecule has 1 unspecified atom stereocenters. The molecule has 0 fully saturated rings. The first-order valence-electron chi connectivity index (χ1n) is 4.02. The molecular weight excluding hydrogens is 166 g/mol. The van der Waals surface area contributed by atoms with Crippen LogP contribution in [0.1, 0.15) is 11.6 Å². The molecule has 0 spiro atoms. The topological polar surface area (TPSA) is 45.0 Å². The maximum absolute atomic E-state index is 11.4. The van der Waals surface area contributed by atoms with Gasteiger partial charge in [-0.1, -0.05) is 35.6 Å². The van der Waals surface area contributed by atoms with E-state index in [9.17, 15) is 4.79 Å². The summed E-state index contributed by atoms with van der Waals surface area (Å²) in [6, 6.07) is 8.99. The molecule has 0 aliphatic carbocycles. The normalized spacial score (nSPS) is 21.2. The third kappa shape index (κ3) is 1.30. The minimum absolute atomic E-state index is 0.0776. The molecule has 0 saturated carbocycles. The maximum atomic E-state index is 11.4. The molecule has 4 nitrogen and oxygen atoms in total. The van der Waals surface area contributed by atoms with Crippen LogP contribution < -0.4 is 0 Å². The van der Waals surface area contributed by atoms with Gasteiger partial charge in [0.2, 0.25) is 0 Å². The number of rotatable bonds is 1. The number of hydrogen-bond donors (Lipinski definition) is 0. The van der Waals surface area contributed by atoms with Gasteiger partial charge < -0.3 is 0 Å². The Labute approximate surface area is 75.9 Å². The van der Waals surface area contributed by atoms with Crippen LogP contribution in [0.5, 0.6) is 0 Å². The predicted octanol–water partition coefficient (Wildman–Crippen LogP) is 1.57. The van der Waals surface area contributed by atoms with Crippen molar-refractivity contribution in [2.24, 2.45) is 10.3 Å². The van der Waals surface area contributed by atoms with Crippen LogP contribution in [-0.4, -0.2) is 18.0 Å². The van der Waals surface area contributed by atoms with Gasteiger partial charge >= 0.3 is 0 Å². The van der Waals surface area contributed by atoms with Crippen molar-refractivity contribution in [3.05, 3.63) is 35.9 Å². The van der Waals surface area contributed by atoms with Crippen LogP contribution in [-0.2, 0) is 4.79 Å². The van der Waals surface area contributed by atoms with Crippen LogP contribution in [0.3, 0.4) is 0 Å². The highest BCUT2D eigenvalue weighted by atomic mass is 16.2. The quantitative estimate of drug-likeness (QED) is 0.638. The Balaban J connectivity index is 2.30. The Kier molecular flexibility index (Phi) is 1.81. The molecule has 1 atom stereocenters. The molecule has 1 aromatic rings. The third-order valence-corrected chi connectivity index (χ3v) is 1.97. The van der Waals surface area contributed by atoms with Gasteiger partial charge in [0.1, 0.15) is 0 Å². The van der Waals surface area contributed by atoms with E-state index in [1.807, 2.05) is 30.3 Å². The first-order chi connectivity index (χ1) is 6.29. The Hall–Kier alpha value is -1.71. The predicted molar refractivity (Wildman–Crippen MR) is 46.8 cm³/mol. The average molecular weight is 175 g/mol. The van der Waals surface area contributed by atoms with Crippen molar-refractivity contribution in [2.75, 3.05) is 7.05 Å². The summed E-state index contributed by atoms with van der Waals surface area (Å²) in [5, 5.41) is 8.81. The highest BCUT2D eigenvalue weighted by Crippen LogP contribution is 2.24. The Morgan fingerprint density at radius 2 is 2.00 bits per heavy atom. The monoisotopic (exact) mass is 175 g/mol. The summed E-state index contributed by atoms with van der Waals surface area (Å²) in [4.78, 5) is 11.4. The first-order valence-corrected chi connectivity index (χ1v) is 4.02. The molecule has 66 valence electrons. The van der Waals surface area contributed by atoms with Gasteiger partial charge in [-0.25, -0.2) is 5.01 Å². The highest BCUT2D eigenvalue weighted by Gasteiger charge is 2.28. The van der Waals surface area contributed by atoms with Gasteiger partial charge in [-0.05, 0) is 5.56 Å². The summed E-state index contributed by atoms with van der Waals surface area (Å²) < 4.78 is 0. The second-order valence-electron chi connectivity index (χ2n) is 2.88. The van der Waals surface area contributed by atoms with E-state index in [1.165, 1.54) is 5.01 Å². The van der Waals surface area contributed by atoms with Crippen molar-refractivity contribution in [1.29, 1.82) is 0 Å². The highest BCUT2D eigenvalue weighted by molar-refractivity contribution is 5.83. The Morgan fingerprint density at radius 1 is 1.31 bits per heavy atom. The largest absolute Gasteiger partial charge is 0.275 e. The molecule has 0 bridgehead atoms. The number of amides is 1. The molecular formula is C9H9N3O. The molecule has 1 heterocycles. The van der Waals surface area contributed by atoms with Crippen molar-refractivity contribution >= 4 is 5.91 Å². The van der Waals surface area contributed by atoms with E-state index in [-0.39, 0.29) is 5.91 Å². The fourth-order valence-corrected chi connectivity index (χ4v) is 1.24. The van der Waals surface area contributed by atoms with Crippen LogP contribution in [0, 0.1) is 0 Å². The summed E-state index contributed by atoms with van der Waals surface area (Å²) in [6.07, 6.45) is 0. The molecule has 13 heavy (non-hydrogen) atoms. The first kappa shape index (κ1) is 7.91. The van der Waals surface area contributed by atoms with Crippen molar-refractivity contribution in [3.63, 3.8) is 0 Å². The third-order valence-electron chi connectivity index (χ3n) is 1.97. The number of carbonyl (C=O) groups excluding carboxylic acids is 1. The van der Waals surface area contributed by atoms with Crippen molar-refractivity contribution < 1.29 is 4.79 Å². The lowest BCUT2D eigenvalue weighted by molar-refractivity contribution is -0.128. The lowest BCUT2D eigenvalue weighted by atomic mass is 10.1. The molecule has 0 saturated heterocycles. The van der Waals surface area contributed by atoms with E-state index in [2.05, 4.69) is 10.3 Å². The van der Waals surface area contributed by atoms with Crippen molar-refractivity contribution in [3.8, 4) is 0 Å². The summed E-state index contributed by atoms with van der Waals surface area (Å²) in [5.41, 5.74) is 0.889. The van der Waals surface area contributed by atoms with Crippen LogP contribution in [0.4, 0.5) is 0 Å². The lowest BCUT2D eigenvalue weighted by Gasteiger charge is -2.05. The van der Waals surface area contributed by atoms with E-state index < -0.39 is 6.04 Å². The van der Waals surface area contributed by atoms with E-state index in [0.717, 1.165) is 5.56 Å². The number of likely N-dealkylation sites (N-methyl/N-ethyl adjacent to an activating group) is 1. The molecule has 1 aromatic carbocycles. The fraction of sp³-hybridized carbons (Fsp3) is 0.222. The van der Waals surface area contributed by atoms with E-state index >= 15 is 0 Å². The van der Waals surface area contributed by atoms with Crippen molar-refractivity contribution in [1.82, 2.24) is 5.01 Å². The number of carbonyl (C=O) groups is 1. The Bertz CT molecular complexity index is 347. The van der Waals surface area contributed by atoms with E-state index in [1.54, 1.807) is 7.05 Å². The van der Waals surface area contributed by atoms with Gasteiger partial charge in [-0.3, -0.25) is 4.79 Å². The SMILES string of the molecule is CN1N=NC(c2ccccc2)C1=O. The van der Waals surface area contributed by atoms with Gasteiger partial charge in [0.05, 0.1) is 0 Å². The van der Waals surface area contributed by atoms with Gasteiger partial charge in [0.25, 0.3) is 5.91 Å². The van der Waals surface area contributed by atoms with Crippen LogP contribution >= 0.6 is 0 Å². The number of nitrogens with zero attached hydrogens (tertiary/aromatic N) is 3. The van der Waals surface area contributed by atoms with E-state index in [0.29, 0.717) is 0 Å². The van der Waals surface area contributed by atoms with Crippen LogP contribution in [0.2, 0.25) is 0 Å². The molecule has 2 rings (SSSR count). The zero-order valence-electron chi connectivity index (χ0n) is 7.21. The second kappa shape index (κ2) is 2.97. The molecule has 1 aliphatic heterocycles. The van der Waals surface area contributed by atoms with Gasteiger partial charge in [-0.15, -0.1) is 0 Å². The zero-order valence-corrected chi connectivity index (χ0v) is 7.21. The number of benzene rings is 1. The van der Waals surface area contributed by atoms with Gasteiger partial charge in [0, 0.05) is 7.05 Å². The molecule has 4 heteroatoms. The zero-order chi connectivity index (χ0) is 9.26. The smallest absolute Gasteiger partial charge is 0.270 e. The minimum atomic E-state index is -0.439. The van der Waals surface area contributed by atoms with Gasteiger partial charge in [-0.2, -0.15) is 5.11 Å².